The zero-order chi connectivity index (χ0) is 10.4. The highest BCUT2D eigenvalue weighted by molar-refractivity contribution is 5.33. The Labute approximate surface area is 97.6 Å². The maximum atomic E-state index is 5.29. The second kappa shape index (κ2) is 7.51. The van der Waals surface area contributed by atoms with Crippen molar-refractivity contribution in [2.75, 3.05) is 14.2 Å². The molecule has 0 aromatic heterocycles. The van der Waals surface area contributed by atoms with Crippen LogP contribution in [0.1, 0.15) is 12.5 Å². The Morgan fingerprint density at radius 2 is 2.07 bits per heavy atom. The fraction of sp³-hybridized carbons (Fsp3) is 0.455. The minimum Gasteiger partial charge on any atom is -1.00 e. The van der Waals surface area contributed by atoms with Crippen LogP contribution in [0.15, 0.2) is 24.3 Å². The number of methoxy groups -OCH3 is 1. The molecule has 0 aliphatic carbocycles. The number of ether oxygens (including phenoxy) is 1. The molecule has 4 heteroatoms. The summed E-state index contributed by atoms with van der Waals surface area (Å²) in [6.45, 7) is 2.16. The van der Waals surface area contributed by atoms with Crippen molar-refractivity contribution >= 4 is 0 Å². The number of nitrogens with one attached hydrogen (secondary N) is 1. The van der Waals surface area contributed by atoms with Crippen molar-refractivity contribution in [2.24, 2.45) is 0 Å². The summed E-state index contributed by atoms with van der Waals surface area (Å²) in [5.41, 5.74) is 6.48. The second-order valence-electron chi connectivity index (χ2n) is 3.37. The Bertz CT molecular complexity index is 281. The van der Waals surface area contributed by atoms with Gasteiger partial charge in [-0.05, 0) is 25.0 Å². The fourth-order valence-electron chi connectivity index (χ4n) is 1.54. The van der Waals surface area contributed by atoms with Gasteiger partial charge in [-0.1, -0.05) is 18.2 Å². The van der Waals surface area contributed by atoms with Gasteiger partial charge < -0.3 is 17.1 Å². The van der Waals surface area contributed by atoms with Crippen molar-refractivity contribution in [3.8, 4) is 5.75 Å². The quantitative estimate of drug-likeness (QED) is 0.428. The molecule has 86 valence electrons. The van der Waals surface area contributed by atoms with E-state index in [4.69, 9.17) is 4.74 Å². The normalized spacial score (nSPS) is 11.7. The molecule has 0 fully saturated rings. The van der Waals surface area contributed by atoms with Crippen LogP contribution in [0, 0.1) is 0 Å². The number of nitrogens with two attached hydrogens (primary N) is 1. The number of benzene rings is 1. The van der Waals surface area contributed by atoms with Crippen LogP contribution < -0.4 is 28.0 Å². The number of halogens is 1. The molecule has 0 radical (unpaired) electrons. The van der Waals surface area contributed by atoms with E-state index in [1.165, 1.54) is 5.56 Å². The first kappa shape index (κ1) is 14.2. The van der Waals surface area contributed by atoms with Gasteiger partial charge in [0.05, 0.1) is 20.2 Å². The molecule has 0 amide bonds. The molecule has 0 aliphatic rings. The van der Waals surface area contributed by atoms with Crippen molar-refractivity contribution in [3.63, 3.8) is 0 Å². The van der Waals surface area contributed by atoms with Crippen LogP contribution in [-0.2, 0) is 6.42 Å². The van der Waals surface area contributed by atoms with E-state index >= 15 is 0 Å². The average Bonchev–Trinajstić information content (AvgIpc) is 2.19. The van der Waals surface area contributed by atoms with E-state index < -0.39 is 0 Å². The van der Waals surface area contributed by atoms with E-state index in [2.05, 4.69) is 18.4 Å². The van der Waals surface area contributed by atoms with E-state index in [1.54, 1.807) is 7.11 Å². The molecule has 1 aromatic rings. The van der Waals surface area contributed by atoms with Crippen LogP contribution in [-0.4, -0.2) is 20.2 Å². The fourth-order valence-corrected chi connectivity index (χ4v) is 1.54. The lowest BCUT2D eigenvalue weighted by atomic mass is 10.1. The molecule has 15 heavy (non-hydrogen) atoms. The maximum Gasteiger partial charge on any atom is 0.122 e. The third kappa shape index (κ3) is 4.51. The van der Waals surface area contributed by atoms with Crippen LogP contribution >= 0.6 is 0 Å². The highest BCUT2D eigenvalue weighted by atomic mass is 35.5. The average molecular weight is 231 g/mol. The Morgan fingerprint density at radius 3 is 2.67 bits per heavy atom. The summed E-state index contributed by atoms with van der Waals surface area (Å²) in [4.78, 5) is 0. The van der Waals surface area contributed by atoms with E-state index in [-0.39, 0.29) is 12.4 Å². The molecule has 0 aliphatic heterocycles. The van der Waals surface area contributed by atoms with Crippen molar-refractivity contribution in [3.05, 3.63) is 29.8 Å². The molecule has 1 aromatic carbocycles. The van der Waals surface area contributed by atoms with Gasteiger partial charge in [-0.25, -0.2) is 0 Å². The first-order valence-corrected chi connectivity index (χ1v) is 4.93. The predicted octanol–water partition coefficient (Wildman–Crippen LogP) is -2.67. The van der Waals surface area contributed by atoms with Gasteiger partial charge in [0.1, 0.15) is 5.75 Å². The van der Waals surface area contributed by atoms with Crippen LogP contribution in [0.3, 0.4) is 0 Å². The monoisotopic (exact) mass is 230 g/mol. The van der Waals surface area contributed by atoms with Gasteiger partial charge in [0.15, 0.2) is 0 Å². The Kier molecular flexibility index (Phi) is 7.13. The van der Waals surface area contributed by atoms with Gasteiger partial charge in [-0.2, -0.15) is 5.43 Å². The third-order valence-corrected chi connectivity index (χ3v) is 2.17. The lowest BCUT2D eigenvalue weighted by Crippen LogP contribution is -3.00. The second-order valence-corrected chi connectivity index (χ2v) is 3.37. The topological polar surface area (TPSA) is 37.9 Å². The van der Waals surface area contributed by atoms with Gasteiger partial charge >= 0.3 is 0 Å². The Morgan fingerprint density at radius 1 is 1.40 bits per heavy atom. The van der Waals surface area contributed by atoms with Gasteiger partial charge in [-0.15, -0.1) is 0 Å². The molecule has 3 N–H and O–H groups in total. The standard InChI is InChI=1S/C11H18N2O.ClH/c1-9(13-12-2)8-10-6-4-5-7-11(10)14-3;/h4-7,9,12-13H,8H2,1-3H3;1H. The van der Waals surface area contributed by atoms with Crippen molar-refractivity contribution in [1.82, 2.24) is 5.43 Å². The maximum absolute atomic E-state index is 5.29. The van der Waals surface area contributed by atoms with E-state index in [0.717, 1.165) is 12.2 Å². The summed E-state index contributed by atoms with van der Waals surface area (Å²) >= 11 is 0. The molecule has 0 heterocycles. The Balaban J connectivity index is 0.00000196. The third-order valence-electron chi connectivity index (χ3n) is 2.17. The lowest BCUT2D eigenvalue weighted by Gasteiger charge is -2.12. The van der Waals surface area contributed by atoms with Crippen molar-refractivity contribution < 1.29 is 22.6 Å². The molecule has 1 rings (SSSR count). The molecule has 1 unspecified atom stereocenters. The predicted molar refractivity (Wildman–Crippen MR) is 57.1 cm³/mol. The highest BCUT2D eigenvalue weighted by Gasteiger charge is 2.07. The summed E-state index contributed by atoms with van der Waals surface area (Å²) < 4.78 is 5.29. The van der Waals surface area contributed by atoms with Gasteiger partial charge in [0, 0.05) is 0 Å². The molecular weight excluding hydrogens is 212 g/mol. The largest absolute Gasteiger partial charge is 1.00 e. The van der Waals surface area contributed by atoms with Crippen LogP contribution in [0.4, 0.5) is 0 Å². The molecule has 0 saturated carbocycles. The van der Waals surface area contributed by atoms with E-state index in [9.17, 15) is 0 Å². The molecule has 3 nitrogen and oxygen atoms in total. The lowest BCUT2D eigenvalue weighted by molar-refractivity contribution is -0.690. The van der Waals surface area contributed by atoms with Crippen LogP contribution in [0.5, 0.6) is 5.75 Å². The number of hydrogen-bond acceptors (Lipinski definition) is 2. The minimum atomic E-state index is 0. The molecule has 0 saturated heterocycles. The minimum absolute atomic E-state index is 0. The van der Waals surface area contributed by atoms with Crippen molar-refractivity contribution in [1.29, 1.82) is 0 Å². The first-order chi connectivity index (χ1) is 6.77. The Hall–Kier alpha value is -0.770. The first-order valence-electron chi connectivity index (χ1n) is 4.93. The molecule has 0 spiro atoms. The summed E-state index contributed by atoms with van der Waals surface area (Å²) in [6, 6.07) is 8.58. The summed E-state index contributed by atoms with van der Waals surface area (Å²) in [6.07, 6.45) is 0.981. The van der Waals surface area contributed by atoms with Crippen molar-refractivity contribution in [2.45, 2.75) is 19.4 Å². The van der Waals surface area contributed by atoms with E-state index in [0.29, 0.717) is 6.04 Å². The molecular formula is C11H19ClN2O. The van der Waals surface area contributed by atoms with E-state index in [1.807, 2.05) is 30.7 Å². The number of quaternary nitrogens is 1. The van der Waals surface area contributed by atoms with Gasteiger partial charge in [0.2, 0.25) is 0 Å². The van der Waals surface area contributed by atoms with Crippen LogP contribution in [0.25, 0.3) is 0 Å². The summed E-state index contributed by atoms with van der Waals surface area (Å²) in [7, 11) is 3.71. The molecule has 1 atom stereocenters. The van der Waals surface area contributed by atoms with Gasteiger partial charge in [-0.3, -0.25) is 5.43 Å². The number of para-hydroxylation sites is 1. The summed E-state index contributed by atoms with van der Waals surface area (Å²) in [5, 5.41) is 0. The zero-order valence-corrected chi connectivity index (χ0v) is 10.2. The summed E-state index contributed by atoms with van der Waals surface area (Å²) in [5.74, 6) is 0.970. The van der Waals surface area contributed by atoms with Gasteiger partial charge in [0.25, 0.3) is 0 Å². The number of rotatable bonds is 5. The molecule has 0 bridgehead atoms. The number of hydrogen-bond donors (Lipinski definition) is 2. The van der Waals surface area contributed by atoms with Crippen LogP contribution in [0.2, 0.25) is 0 Å². The highest BCUT2D eigenvalue weighted by Crippen LogP contribution is 2.18. The SMILES string of the molecule is C[NH2+]NC(C)Cc1ccccc1OC.[Cl-]. The smallest absolute Gasteiger partial charge is 0.122 e. The zero-order valence-electron chi connectivity index (χ0n) is 9.46.